The van der Waals surface area contributed by atoms with Gasteiger partial charge in [-0.25, -0.2) is 0 Å². The average Bonchev–Trinajstić information content (AvgIpc) is 3.55. The van der Waals surface area contributed by atoms with Gasteiger partial charge in [-0.1, -0.05) is 73.6 Å². The molecule has 1 saturated heterocycles. The van der Waals surface area contributed by atoms with Gasteiger partial charge in [-0.2, -0.15) is 5.10 Å². The number of benzene rings is 1. The number of carbonyl (C=O) groups excluding carboxylic acids is 2. The topological polar surface area (TPSA) is 87.5 Å². The van der Waals surface area contributed by atoms with Gasteiger partial charge in [-0.3, -0.25) is 14.3 Å². The second-order valence-corrected chi connectivity index (χ2v) is 9.42. The number of hydrogen-bond donors (Lipinski definition) is 2. The van der Waals surface area contributed by atoms with E-state index in [1.54, 1.807) is 4.90 Å². The fourth-order valence-electron chi connectivity index (χ4n) is 4.70. The molecule has 1 aromatic heterocycles. The van der Waals surface area contributed by atoms with Gasteiger partial charge in [0.25, 0.3) is 0 Å². The monoisotopic (exact) mass is 514 g/mol. The van der Waals surface area contributed by atoms with E-state index in [-0.39, 0.29) is 42.7 Å². The van der Waals surface area contributed by atoms with E-state index < -0.39 is 12.1 Å². The van der Waals surface area contributed by atoms with Gasteiger partial charge in [0.1, 0.15) is 6.04 Å². The first-order valence-corrected chi connectivity index (χ1v) is 14.1. The van der Waals surface area contributed by atoms with Crippen LogP contribution in [-0.2, 0) is 22.6 Å². The number of likely N-dealkylation sites (tertiary alicyclic amines) is 1. The molecule has 1 aliphatic rings. The number of aliphatic hydroxyl groups is 1. The summed E-state index contributed by atoms with van der Waals surface area (Å²) in [6.45, 7) is 21.0. The van der Waals surface area contributed by atoms with Crippen molar-refractivity contribution in [2.24, 2.45) is 11.8 Å². The van der Waals surface area contributed by atoms with Crippen LogP contribution in [0.25, 0.3) is 11.3 Å². The Morgan fingerprint density at radius 2 is 1.73 bits per heavy atom. The van der Waals surface area contributed by atoms with Gasteiger partial charge in [-0.15, -0.1) is 0 Å². The van der Waals surface area contributed by atoms with E-state index >= 15 is 0 Å². The molecule has 1 aliphatic heterocycles. The minimum absolute atomic E-state index is 0.0709. The number of amides is 2. The van der Waals surface area contributed by atoms with Crippen LogP contribution in [0.4, 0.5) is 0 Å². The first kappa shape index (κ1) is 32.4. The largest absolute Gasteiger partial charge is 0.391 e. The van der Waals surface area contributed by atoms with Crippen LogP contribution in [0.5, 0.6) is 0 Å². The summed E-state index contributed by atoms with van der Waals surface area (Å²) in [4.78, 5) is 27.8. The van der Waals surface area contributed by atoms with Crippen molar-refractivity contribution in [2.45, 2.75) is 107 Å². The summed E-state index contributed by atoms with van der Waals surface area (Å²) in [7, 11) is 0. The number of hydrogen-bond acceptors (Lipinski definition) is 4. The molecular formula is C30H50N4O3. The van der Waals surface area contributed by atoms with Crippen LogP contribution in [0.15, 0.2) is 30.5 Å². The van der Waals surface area contributed by atoms with Crippen LogP contribution in [-0.4, -0.2) is 50.3 Å². The quantitative estimate of drug-likeness (QED) is 0.479. The lowest BCUT2D eigenvalue weighted by atomic mass is 9.92. The Bertz CT molecular complexity index is 985. The first-order valence-electron chi connectivity index (χ1n) is 14.1. The summed E-state index contributed by atoms with van der Waals surface area (Å²) in [5.74, 6) is -0.313. The van der Waals surface area contributed by atoms with Crippen LogP contribution in [0.3, 0.4) is 0 Å². The maximum atomic E-state index is 13.3. The van der Waals surface area contributed by atoms with Crippen LogP contribution in [0.2, 0.25) is 0 Å². The second-order valence-electron chi connectivity index (χ2n) is 9.42. The van der Waals surface area contributed by atoms with Gasteiger partial charge in [0, 0.05) is 37.2 Å². The highest BCUT2D eigenvalue weighted by Gasteiger charge is 2.41. The number of β-amino-alcohol motifs (C(OH)–C–C–N with tert-alkyl or cyclic N) is 1. The molecule has 2 heterocycles. The van der Waals surface area contributed by atoms with Gasteiger partial charge in [-0.05, 0) is 43.4 Å². The standard InChI is InChI=1S/C26H38N4O3.2C2H6/c1-7-20-21(10-9-11-22(20)23-12-13-27-30(23)8-2)18(6)28-25(32)24-14-19(31)15-29(24)26(33)17(5)16(3)4;2*1-2/h9-13,16-19,24,31H,7-8,14-15H2,1-6H3,(H,28,32);2*1-2H3. The predicted molar refractivity (Wildman–Crippen MR) is 152 cm³/mol. The Balaban J connectivity index is 0.00000163. The maximum absolute atomic E-state index is 13.3. The molecule has 0 saturated carbocycles. The minimum Gasteiger partial charge on any atom is -0.391 e. The van der Waals surface area contributed by atoms with E-state index in [2.05, 4.69) is 30.3 Å². The summed E-state index contributed by atoms with van der Waals surface area (Å²) in [5.41, 5.74) is 4.41. The van der Waals surface area contributed by atoms with Crippen molar-refractivity contribution in [1.82, 2.24) is 20.0 Å². The van der Waals surface area contributed by atoms with E-state index in [0.717, 1.165) is 29.8 Å². The average molecular weight is 515 g/mol. The molecule has 1 aromatic carbocycles. The lowest BCUT2D eigenvalue weighted by Gasteiger charge is -2.29. The molecule has 2 aromatic rings. The summed E-state index contributed by atoms with van der Waals surface area (Å²) < 4.78 is 1.97. The highest BCUT2D eigenvalue weighted by molar-refractivity contribution is 5.89. The number of aryl methyl sites for hydroxylation is 1. The zero-order valence-electron chi connectivity index (χ0n) is 24.7. The lowest BCUT2D eigenvalue weighted by molar-refractivity contribution is -0.142. The van der Waals surface area contributed by atoms with Crippen LogP contribution in [0, 0.1) is 11.8 Å². The van der Waals surface area contributed by atoms with E-state index in [4.69, 9.17) is 0 Å². The zero-order valence-corrected chi connectivity index (χ0v) is 24.7. The van der Waals surface area contributed by atoms with Crippen molar-refractivity contribution in [3.63, 3.8) is 0 Å². The molecule has 7 heteroatoms. The highest BCUT2D eigenvalue weighted by atomic mass is 16.3. The van der Waals surface area contributed by atoms with Crippen LogP contribution in [0.1, 0.15) is 92.8 Å². The first-order chi connectivity index (χ1) is 17.7. The Kier molecular flexibility index (Phi) is 13.6. The third-order valence-corrected chi connectivity index (χ3v) is 6.94. The summed E-state index contributed by atoms with van der Waals surface area (Å²) >= 11 is 0. The van der Waals surface area contributed by atoms with Gasteiger partial charge in [0.2, 0.25) is 11.8 Å². The number of nitrogens with zero attached hydrogens (tertiary/aromatic N) is 3. The van der Waals surface area contributed by atoms with Crippen LogP contribution < -0.4 is 5.32 Å². The third kappa shape index (κ3) is 7.67. The van der Waals surface area contributed by atoms with Crippen molar-refractivity contribution >= 4 is 11.8 Å². The number of nitrogens with one attached hydrogen (secondary N) is 1. The van der Waals surface area contributed by atoms with Crippen molar-refractivity contribution in [3.05, 3.63) is 41.6 Å². The predicted octanol–water partition coefficient (Wildman–Crippen LogP) is 5.62. The van der Waals surface area contributed by atoms with Crippen molar-refractivity contribution in [2.75, 3.05) is 6.54 Å². The molecule has 0 spiro atoms. The van der Waals surface area contributed by atoms with Gasteiger partial charge >= 0.3 is 0 Å². The second kappa shape index (κ2) is 15.6. The third-order valence-electron chi connectivity index (χ3n) is 6.94. The van der Waals surface area contributed by atoms with E-state index in [1.807, 2.05) is 84.5 Å². The molecule has 0 radical (unpaired) electrons. The molecule has 4 atom stereocenters. The Morgan fingerprint density at radius 1 is 1.08 bits per heavy atom. The van der Waals surface area contributed by atoms with E-state index in [1.165, 1.54) is 5.56 Å². The van der Waals surface area contributed by atoms with Crippen LogP contribution >= 0.6 is 0 Å². The summed E-state index contributed by atoms with van der Waals surface area (Å²) in [6, 6.07) is 7.30. The zero-order chi connectivity index (χ0) is 28.3. The number of carbonyl (C=O) groups is 2. The summed E-state index contributed by atoms with van der Waals surface area (Å²) in [5, 5.41) is 17.8. The molecule has 37 heavy (non-hydrogen) atoms. The molecular weight excluding hydrogens is 464 g/mol. The highest BCUT2D eigenvalue weighted by Crippen LogP contribution is 2.31. The fraction of sp³-hybridized carbons (Fsp3) is 0.633. The van der Waals surface area contributed by atoms with E-state index in [0.29, 0.717) is 0 Å². The SMILES string of the molecule is CC.CC.CCc1c(-c2ccnn2CC)cccc1C(C)NC(=O)C1CC(O)CN1C(=O)C(C)C(C)C. The molecule has 2 amide bonds. The molecule has 7 nitrogen and oxygen atoms in total. The fourth-order valence-corrected chi connectivity index (χ4v) is 4.70. The molecule has 1 fully saturated rings. The van der Waals surface area contributed by atoms with Gasteiger partial charge in [0.15, 0.2) is 0 Å². The maximum Gasteiger partial charge on any atom is 0.243 e. The molecule has 0 bridgehead atoms. The van der Waals surface area contributed by atoms with Gasteiger partial charge < -0.3 is 15.3 Å². The number of aromatic nitrogens is 2. The minimum atomic E-state index is -0.678. The summed E-state index contributed by atoms with van der Waals surface area (Å²) in [6.07, 6.45) is 2.22. The van der Waals surface area contributed by atoms with Gasteiger partial charge in [0.05, 0.1) is 17.8 Å². The molecule has 3 rings (SSSR count). The van der Waals surface area contributed by atoms with E-state index in [9.17, 15) is 14.7 Å². The molecule has 208 valence electrons. The normalized spacial score (nSPS) is 18.3. The smallest absolute Gasteiger partial charge is 0.243 e. The van der Waals surface area contributed by atoms with Crippen molar-refractivity contribution in [3.8, 4) is 11.3 Å². The Morgan fingerprint density at radius 3 is 2.30 bits per heavy atom. The lowest BCUT2D eigenvalue weighted by Crippen LogP contribution is -2.48. The number of aliphatic hydroxyl groups excluding tert-OH is 1. The number of rotatable bonds is 8. The molecule has 4 unspecified atom stereocenters. The Hall–Kier alpha value is -2.67. The molecule has 2 N–H and O–H groups in total. The van der Waals surface area contributed by atoms with Crippen molar-refractivity contribution in [1.29, 1.82) is 0 Å². The van der Waals surface area contributed by atoms with Crippen molar-refractivity contribution < 1.29 is 14.7 Å². The molecule has 0 aliphatic carbocycles. The Labute approximate surface area is 224 Å².